The molecule has 19 heavy (non-hydrogen) atoms. The van der Waals surface area contributed by atoms with E-state index in [1.807, 2.05) is 6.92 Å². The molecular weight excluding hydrogens is 333 g/mol. The van der Waals surface area contributed by atoms with Crippen LogP contribution in [0.5, 0.6) is 0 Å². The van der Waals surface area contributed by atoms with E-state index in [0.29, 0.717) is 6.54 Å². The molecule has 0 unspecified atom stereocenters. The van der Waals surface area contributed by atoms with Crippen LogP contribution < -0.4 is 5.32 Å². The lowest BCUT2D eigenvalue weighted by Crippen LogP contribution is -2.24. The lowest BCUT2D eigenvalue weighted by molar-refractivity contribution is 0.0953. The van der Waals surface area contributed by atoms with Gasteiger partial charge in [0.15, 0.2) is 0 Å². The minimum atomic E-state index is -3.97. The van der Waals surface area contributed by atoms with E-state index < -0.39 is 15.0 Å². The highest BCUT2D eigenvalue weighted by Crippen LogP contribution is 2.30. The zero-order valence-corrected chi connectivity index (χ0v) is 13.1. The Morgan fingerprint density at radius 1 is 1.32 bits per heavy atom. The minimum absolute atomic E-state index is 0.000248. The number of nitrogens with one attached hydrogen (secondary N) is 1. The number of unbranched alkanes of at least 4 members (excludes halogenated alkanes) is 1. The molecule has 1 rings (SSSR count). The predicted octanol–water partition coefficient (Wildman–Crippen LogP) is 3.45. The largest absolute Gasteiger partial charge is 0.352 e. The van der Waals surface area contributed by atoms with Crippen LogP contribution in [0.15, 0.2) is 17.0 Å². The van der Waals surface area contributed by atoms with E-state index in [9.17, 15) is 13.2 Å². The number of hydrogen-bond acceptors (Lipinski definition) is 3. The van der Waals surface area contributed by atoms with Gasteiger partial charge in [0, 0.05) is 17.2 Å². The smallest absolute Gasteiger partial charge is 0.261 e. The number of hydrogen-bond donors (Lipinski definition) is 1. The first-order chi connectivity index (χ1) is 8.77. The van der Waals surface area contributed by atoms with Crippen LogP contribution in [0.1, 0.15) is 30.1 Å². The highest BCUT2D eigenvalue weighted by atomic mass is 35.7. The molecule has 0 saturated heterocycles. The van der Waals surface area contributed by atoms with E-state index in [-0.39, 0.29) is 20.5 Å². The van der Waals surface area contributed by atoms with Crippen molar-refractivity contribution >= 4 is 48.8 Å². The van der Waals surface area contributed by atoms with Crippen molar-refractivity contribution in [3.05, 3.63) is 27.7 Å². The Hall–Kier alpha value is -0.490. The number of halogens is 3. The van der Waals surface area contributed by atoms with Gasteiger partial charge >= 0.3 is 0 Å². The highest BCUT2D eigenvalue weighted by molar-refractivity contribution is 8.13. The van der Waals surface area contributed by atoms with E-state index in [1.54, 1.807) is 0 Å². The fourth-order valence-corrected chi connectivity index (χ4v) is 2.61. The lowest BCUT2D eigenvalue weighted by Gasteiger charge is -2.09. The Balaban J connectivity index is 3.13. The van der Waals surface area contributed by atoms with Gasteiger partial charge in [-0.25, -0.2) is 8.42 Å². The minimum Gasteiger partial charge on any atom is -0.352 e. The second kappa shape index (κ2) is 6.79. The summed E-state index contributed by atoms with van der Waals surface area (Å²) in [5, 5.41) is 2.59. The van der Waals surface area contributed by atoms with Crippen molar-refractivity contribution in [1.82, 2.24) is 5.32 Å². The van der Waals surface area contributed by atoms with Gasteiger partial charge < -0.3 is 5.32 Å². The zero-order valence-electron chi connectivity index (χ0n) is 10.0. The molecule has 0 aliphatic carbocycles. The molecule has 1 N–H and O–H groups in total. The molecule has 1 aromatic carbocycles. The molecule has 1 aromatic rings. The number of carbonyl (C=O) groups is 1. The first kappa shape index (κ1) is 16.6. The Kier molecular flexibility index (Phi) is 5.92. The summed E-state index contributed by atoms with van der Waals surface area (Å²) in [7, 11) is 1.25. The van der Waals surface area contributed by atoms with Crippen LogP contribution in [0.25, 0.3) is 0 Å². The zero-order chi connectivity index (χ0) is 14.6. The molecule has 106 valence electrons. The van der Waals surface area contributed by atoms with Crippen LogP contribution in [0, 0.1) is 0 Å². The average molecular weight is 345 g/mol. The van der Waals surface area contributed by atoms with Gasteiger partial charge in [-0.05, 0) is 18.6 Å². The molecule has 8 heteroatoms. The van der Waals surface area contributed by atoms with Crippen LogP contribution >= 0.6 is 33.9 Å². The summed E-state index contributed by atoms with van der Waals surface area (Å²) in [6.07, 6.45) is 1.73. The first-order valence-corrected chi connectivity index (χ1v) is 8.55. The molecule has 0 bridgehead atoms. The van der Waals surface area contributed by atoms with Gasteiger partial charge in [0.25, 0.3) is 15.0 Å². The molecule has 0 spiro atoms. The summed E-state index contributed by atoms with van der Waals surface area (Å²) in [6, 6.07) is 2.22. The summed E-state index contributed by atoms with van der Waals surface area (Å²) in [6.45, 7) is 2.46. The topological polar surface area (TPSA) is 63.2 Å². The van der Waals surface area contributed by atoms with Crippen molar-refractivity contribution in [2.24, 2.45) is 0 Å². The Morgan fingerprint density at radius 3 is 2.47 bits per heavy atom. The fourth-order valence-electron chi connectivity index (χ4n) is 1.34. The fraction of sp³-hybridized carbons (Fsp3) is 0.364. The molecular formula is C11H12Cl3NO3S. The number of amides is 1. The van der Waals surface area contributed by atoms with Gasteiger partial charge in [0.05, 0.1) is 20.5 Å². The highest BCUT2D eigenvalue weighted by Gasteiger charge is 2.19. The van der Waals surface area contributed by atoms with E-state index in [4.69, 9.17) is 33.9 Å². The summed E-state index contributed by atoms with van der Waals surface area (Å²) >= 11 is 11.7. The maximum Gasteiger partial charge on any atom is 0.261 e. The Labute approximate surface area is 126 Å². The molecule has 0 saturated carbocycles. The third kappa shape index (κ3) is 4.53. The van der Waals surface area contributed by atoms with Crippen LogP contribution in [0.3, 0.4) is 0 Å². The van der Waals surface area contributed by atoms with E-state index in [2.05, 4.69) is 5.32 Å². The number of rotatable bonds is 5. The van der Waals surface area contributed by atoms with E-state index >= 15 is 0 Å². The van der Waals surface area contributed by atoms with Crippen molar-refractivity contribution in [3.63, 3.8) is 0 Å². The van der Waals surface area contributed by atoms with Gasteiger partial charge in [-0.1, -0.05) is 36.5 Å². The predicted molar refractivity (Wildman–Crippen MR) is 76.7 cm³/mol. The molecule has 0 aromatic heterocycles. The molecule has 0 heterocycles. The summed E-state index contributed by atoms with van der Waals surface area (Å²) in [5.74, 6) is -0.484. The van der Waals surface area contributed by atoms with Crippen molar-refractivity contribution < 1.29 is 13.2 Å². The van der Waals surface area contributed by atoms with Gasteiger partial charge in [-0.15, -0.1) is 0 Å². The van der Waals surface area contributed by atoms with Crippen molar-refractivity contribution in [3.8, 4) is 0 Å². The van der Waals surface area contributed by atoms with Crippen molar-refractivity contribution in [2.45, 2.75) is 24.7 Å². The third-order valence-corrected chi connectivity index (χ3v) is 4.48. The van der Waals surface area contributed by atoms with Crippen LogP contribution in [0.4, 0.5) is 0 Å². The van der Waals surface area contributed by atoms with Crippen LogP contribution in [-0.2, 0) is 9.05 Å². The second-order valence-electron chi connectivity index (χ2n) is 3.81. The van der Waals surface area contributed by atoms with Gasteiger partial charge in [-0.2, -0.15) is 0 Å². The molecule has 0 aliphatic heterocycles. The third-order valence-electron chi connectivity index (χ3n) is 2.34. The van der Waals surface area contributed by atoms with Crippen LogP contribution in [-0.4, -0.2) is 20.9 Å². The maximum absolute atomic E-state index is 11.9. The van der Waals surface area contributed by atoms with Gasteiger partial charge in [0.1, 0.15) is 0 Å². The summed E-state index contributed by atoms with van der Waals surface area (Å²) in [4.78, 5) is 11.6. The monoisotopic (exact) mass is 343 g/mol. The average Bonchev–Trinajstić information content (AvgIpc) is 2.31. The molecule has 4 nitrogen and oxygen atoms in total. The summed E-state index contributed by atoms with van der Waals surface area (Å²) in [5.41, 5.74) is -0.00973. The molecule has 0 radical (unpaired) electrons. The standard InChI is InChI=1S/C11H12Cl3NO3S/c1-2-3-4-15-11(16)8-5-7(19(14,17)18)6-9(12)10(8)13/h5-6H,2-4H2,1H3,(H,15,16). The first-order valence-electron chi connectivity index (χ1n) is 5.49. The Bertz CT molecular complexity index is 587. The summed E-state index contributed by atoms with van der Waals surface area (Å²) < 4.78 is 22.5. The molecule has 1 amide bonds. The van der Waals surface area contributed by atoms with E-state index in [0.717, 1.165) is 25.0 Å². The molecule has 0 atom stereocenters. The van der Waals surface area contributed by atoms with E-state index in [1.165, 1.54) is 0 Å². The number of benzene rings is 1. The second-order valence-corrected chi connectivity index (χ2v) is 7.17. The molecule has 0 fully saturated rings. The van der Waals surface area contributed by atoms with Crippen molar-refractivity contribution in [2.75, 3.05) is 6.54 Å². The lowest BCUT2D eigenvalue weighted by atomic mass is 10.2. The Morgan fingerprint density at radius 2 is 1.95 bits per heavy atom. The van der Waals surface area contributed by atoms with Crippen molar-refractivity contribution in [1.29, 1.82) is 0 Å². The quantitative estimate of drug-likeness (QED) is 0.657. The SMILES string of the molecule is CCCCNC(=O)c1cc(S(=O)(=O)Cl)cc(Cl)c1Cl. The van der Waals surface area contributed by atoms with Gasteiger partial charge in [0.2, 0.25) is 0 Å². The molecule has 0 aliphatic rings. The maximum atomic E-state index is 11.9. The van der Waals surface area contributed by atoms with Gasteiger partial charge in [-0.3, -0.25) is 4.79 Å². The number of carbonyl (C=O) groups excluding carboxylic acids is 1. The normalized spacial score (nSPS) is 11.4. The van der Waals surface area contributed by atoms with Crippen LogP contribution in [0.2, 0.25) is 10.0 Å².